The van der Waals surface area contributed by atoms with Crippen molar-refractivity contribution in [3.8, 4) is 5.69 Å². The predicted molar refractivity (Wildman–Crippen MR) is 72.8 cm³/mol. The van der Waals surface area contributed by atoms with Crippen LogP contribution in [0, 0.1) is 0 Å². The van der Waals surface area contributed by atoms with Gasteiger partial charge in [-0.2, -0.15) is 5.10 Å². The van der Waals surface area contributed by atoms with Gasteiger partial charge >= 0.3 is 11.9 Å². The first-order valence-electron chi connectivity index (χ1n) is 6.43. The SMILES string of the molecule is Nc1cccc(-n2ccc(C(=O)OC3CCOC3=O)n2)c1. The fourth-order valence-electron chi connectivity index (χ4n) is 2.02. The molecule has 1 fully saturated rings. The van der Waals surface area contributed by atoms with Crippen LogP contribution >= 0.6 is 0 Å². The third-order valence-corrected chi connectivity index (χ3v) is 3.07. The van der Waals surface area contributed by atoms with Crippen LogP contribution in [0.4, 0.5) is 5.69 Å². The van der Waals surface area contributed by atoms with Gasteiger partial charge < -0.3 is 15.2 Å². The number of cyclic esters (lactones) is 1. The molecule has 0 saturated carbocycles. The summed E-state index contributed by atoms with van der Waals surface area (Å²) in [6.07, 6.45) is 1.16. The minimum Gasteiger partial charge on any atom is -0.463 e. The molecular weight excluding hydrogens is 274 g/mol. The number of nitrogens with zero attached hydrogens (tertiary/aromatic N) is 2. The fraction of sp³-hybridized carbons (Fsp3) is 0.214. The Morgan fingerprint density at radius 2 is 2.29 bits per heavy atom. The number of hydrogen-bond acceptors (Lipinski definition) is 6. The third-order valence-electron chi connectivity index (χ3n) is 3.07. The predicted octanol–water partition coefficient (Wildman–Crippen LogP) is 0.927. The molecule has 3 rings (SSSR count). The van der Waals surface area contributed by atoms with E-state index in [0.717, 1.165) is 5.69 Å². The van der Waals surface area contributed by atoms with E-state index in [4.69, 9.17) is 15.2 Å². The Hall–Kier alpha value is -2.83. The molecule has 7 nitrogen and oxygen atoms in total. The Kier molecular flexibility index (Phi) is 3.31. The third kappa shape index (κ3) is 2.71. The number of anilines is 1. The zero-order valence-corrected chi connectivity index (χ0v) is 11.1. The lowest BCUT2D eigenvalue weighted by Crippen LogP contribution is -2.23. The molecule has 1 aliphatic heterocycles. The number of nitrogens with two attached hydrogens (primary N) is 1. The van der Waals surface area contributed by atoms with Crippen LogP contribution in [-0.2, 0) is 14.3 Å². The summed E-state index contributed by atoms with van der Waals surface area (Å²) in [5.41, 5.74) is 7.15. The van der Waals surface area contributed by atoms with Crippen LogP contribution in [0.15, 0.2) is 36.5 Å². The van der Waals surface area contributed by atoms with Crippen molar-refractivity contribution in [3.05, 3.63) is 42.2 Å². The summed E-state index contributed by atoms with van der Waals surface area (Å²) in [4.78, 5) is 23.2. The van der Waals surface area contributed by atoms with Crippen molar-refractivity contribution in [2.24, 2.45) is 0 Å². The monoisotopic (exact) mass is 287 g/mol. The Morgan fingerprint density at radius 3 is 3.00 bits per heavy atom. The van der Waals surface area contributed by atoms with Gasteiger partial charge in [0.2, 0.25) is 6.10 Å². The van der Waals surface area contributed by atoms with Gasteiger partial charge in [0.15, 0.2) is 5.69 Å². The van der Waals surface area contributed by atoms with E-state index in [9.17, 15) is 9.59 Å². The first-order chi connectivity index (χ1) is 10.1. The van der Waals surface area contributed by atoms with Gasteiger partial charge in [0, 0.05) is 18.3 Å². The van der Waals surface area contributed by atoms with Crippen LogP contribution < -0.4 is 5.73 Å². The quantitative estimate of drug-likeness (QED) is 0.666. The number of rotatable bonds is 3. The minimum atomic E-state index is -0.838. The number of nitrogen functional groups attached to an aromatic ring is 1. The van der Waals surface area contributed by atoms with Gasteiger partial charge in [-0.05, 0) is 24.3 Å². The highest BCUT2D eigenvalue weighted by molar-refractivity contribution is 5.90. The van der Waals surface area contributed by atoms with E-state index < -0.39 is 18.0 Å². The molecule has 1 aromatic carbocycles. The van der Waals surface area contributed by atoms with Crippen molar-refractivity contribution < 1.29 is 19.1 Å². The second-order valence-electron chi connectivity index (χ2n) is 4.59. The highest BCUT2D eigenvalue weighted by Crippen LogP contribution is 2.15. The Morgan fingerprint density at radius 1 is 1.43 bits per heavy atom. The summed E-state index contributed by atoms with van der Waals surface area (Å²) in [7, 11) is 0. The van der Waals surface area contributed by atoms with Gasteiger partial charge in [-0.3, -0.25) is 0 Å². The normalized spacial score (nSPS) is 17.5. The molecule has 1 aliphatic rings. The molecule has 1 saturated heterocycles. The van der Waals surface area contributed by atoms with Crippen LogP contribution in [0.2, 0.25) is 0 Å². The first kappa shape index (κ1) is 13.2. The standard InChI is InChI=1S/C14H13N3O4/c15-9-2-1-3-10(8-9)17-6-4-11(16-17)13(18)21-12-5-7-20-14(12)19/h1-4,6,8,12H,5,7,15H2. The van der Waals surface area contributed by atoms with Gasteiger partial charge in [-0.25, -0.2) is 14.3 Å². The molecule has 1 atom stereocenters. The number of aromatic nitrogens is 2. The van der Waals surface area contributed by atoms with E-state index in [1.807, 2.05) is 6.07 Å². The van der Waals surface area contributed by atoms with Crippen molar-refractivity contribution in [2.75, 3.05) is 12.3 Å². The van der Waals surface area contributed by atoms with E-state index in [0.29, 0.717) is 12.1 Å². The number of benzene rings is 1. The molecule has 0 aliphatic carbocycles. The second-order valence-corrected chi connectivity index (χ2v) is 4.59. The number of carbonyl (C=O) groups is 2. The Labute approximate surface area is 120 Å². The molecule has 2 heterocycles. The number of hydrogen-bond donors (Lipinski definition) is 1. The topological polar surface area (TPSA) is 96.4 Å². The summed E-state index contributed by atoms with van der Waals surface area (Å²) in [5.74, 6) is -1.17. The maximum atomic E-state index is 11.9. The van der Waals surface area contributed by atoms with Crippen LogP contribution in [-0.4, -0.2) is 34.4 Å². The van der Waals surface area contributed by atoms with Crippen LogP contribution in [0.3, 0.4) is 0 Å². The zero-order valence-electron chi connectivity index (χ0n) is 11.1. The van der Waals surface area contributed by atoms with Gasteiger partial charge in [0.1, 0.15) is 0 Å². The van der Waals surface area contributed by atoms with E-state index in [1.165, 1.54) is 10.7 Å². The van der Waals surface area contributed by atoms with E-state index in [1.54, 1.807) is 24.4 Å². The summed E-state index contributed by atoms with van der Waals surface area (Å²) in [6, 6.07) is 8.61. The van der Waals surface area contributed by atoms with Crippen LogP contribution in [0.1, 0.15) is 16.9 Å². The molecule has 108 valence electrons. The van der Waals surface area contributed by atoms with E-state index in [-0.39, 0.29) is 12.3 Å². The van der Waals surface area contributed by atoms with Crippen molar-refractivity contribution in [1.29, 1.82) is 0 Å². The molecule has 0 bridgehead atoms. The number of esters is 2. The van der Waals surface area contributed by atoms with Crippen LogP contribution in [0.25, 0.3) is 5.69 Å². The minimum absolute atomic E-state index is 0.122. The van der Waals surface area contributed by atoms with Gasteiger partial charge in [0.05, 0.1) is 12.3 Å². The lowest BCUT2D eigenvalue weighted by molar-refractivity contribution is -0.145. The fourth-order valence-corrected chi connectivity index (χ4v) is 2.02. The maximum Gasteiger partial charge on any atom is 0.359 e. The van der Waals surface area contributed by atoms with E-state index >= 15 is 0 Å². The summed E-state index contributed by atoms with van der Waals surface area (Å²) in [6.45, 7) is 0.272. The Bertz CT molecular complexity index is 695. The Balaban J connectivity index is 1.75. The second kappa shape index (κ2) is 5.28. The number of ether oxygens (including phenoxy) is 2. The van der Waals surface area contributed by atoms with Gasteiger partial charge in [-0.15, -0.1) is 0 Å². The van der Waals surface area contributed by atoms with Gasteiger partial charge in [0.25, 0.3) is 0 Å². The largest absolute Gasteiger partial charge is 0.463 e. The van der Waals surface area contributed by atoms with E-state index in [2.05, 4.69) is 5.10 Å². The molecule has 0 amide bonds. The summed E-state index contributed by atoms with van der Waals surface area (Å²) >= 11 is 0. The highest BCUT2D eigenvalue weighted by Gasteiger charge is 2.31. The van der Waals surface area contributed by atoms with Crippen molar-refractivity contribution in [1.82, 2.24) is 9.78 Å². The number of carbonyl (C=O) groups excluding carboxylic acids is 2. The maximum absolute atomic E-state index is 11.9. The van der Waals surface area contributed by atoms with Crippen molar-refractivity contribution >= 4 is 17.6 Å². The lowest BCUT2D eigenvalue weighted by atomic mass is 10.3. The van der Waals surface area contributed by atoms with Crippen LogP contribution in [0.5, 0.6) is 0 Å². The molecule has 2 N–H and O–H groups in total. The molecule has 7 heteroatoms. The van der Waals surface area contributed by atoms with Crippen molar-refractivity contribution in [3.63, 3.8) is 0 Å². The average molecular weight is 287 g/mol. The van der Waals surface area contributed by atoms with Crippen molar-refractivity contribution in [2.45, 2.75) is 12.5 Å². The smallest absolute Gasteiger partial charge is 0.359 e. The molecule has 0 spiro atoms. The molecule has 1 aromatic heterocycles. The zero-order chi connectivity index (χ0) is 14.8. The van der Waals surface area contributed by atoms with Gasteiger partial charge in [-0.1, -0.05) is 6.07 Å². The molecule has 21 heavy (non-hydrogen) atoms. The molecular formula is C14H13N3O4. The molecule has 2 aromatic rings. The summed E-state index contributed by atoms with van der Waals surface area (Å²) < 4.78 is 11.3. The average Bonchev–Trinajstić information content (AvgIpc) is 3.09. The lowest BCUT2D eigenvalue weighted by Gasteiger charge is -2.06. The summed E-state index contributed by atoms with van der Waals surface area (Å²) in [5, 5.41) is 4.12. The molecule has 0 radical (unpaired) electrons. The first-order valence-corrected chi connectivity index (χ1v) is 6.43. The highest BCUT2D eigenvalue weighted by atomic mass is 16.6. The molecule has 1 unspecified atom stereocenters.